The van der Waals surface area contributed by atoms with Crippen LogP contribution in [0.3, 0.4) is 0 Å². The quantitative estimate of drug-likeness (QED) is 0.530. The number of nitrogens with two attached hydrogens (primary N) is 1. The summed E-state index contributed by atoms with van der Waals surface area (Å²) in [5.74, 6) is 1.23. The van der Waals surface area contributed by atoms with E-state index in [0.29, 0.717) is 35.2 Å². The van der Waals surface area contributed by atoms with Crippen molar-refractivity contribution in [1.82, 2.24) is 19.5 Å². The molecule has 2 aromatic heterocycles. The van der Waals surface area contributed by atoms with Crippen molar-refractivity contribution in [2.45, 2.75) is 26.3 Å². The number of carbonyl (C=O) groups excluding carboxylic acids is 1. The zero-order valence-electron chi connectivity index (χ0n) is 16.6. The highest BCUT2D eigenvalue weighted by molar-refractivity contribution is 5.74. The van der Waals surface area contributed by atoms with Crippen LogP contribution in [0.15, 0.2) is 59.5 Å². The van der Waals surface area contributed by atoms with E-state index in [1.165, 1.54) is 0 Å². The van der Waals surface area contributed by atoms with Gasteiger partial charge >= 0.3 is 11.8 Å². The highest BCUT2D eigenvalue weighted by Crippen LogP contribution is 2.27. The van der Waals surface area contributed by atoms with E-state index in [1.54, 1.807) is 35.0 Å². The Hall–Kier alpha value is -3.94. The molecule has 0 aliphatic heterocycles. The fourth-order valence-electron chi connectivity index (χ4n) is 3.39. The summed E-state index contributed by atoms with van der Waals surface area (Å²) in [6.45, 7) is 4.54. The number of H-pyrrole nitrogens is 1. The number of hydrogen-bond donors (Lipinski definition) is 2. The van der Waals surface area contributed by atoms with Crippen molar-refractivity contribution in [2.75, 3.05) is 0 Å². The van der Waals surface area contributed by atoms with E-state index in [-0.39, 0.29) is 5.69 Å². The summed E-state index contributed by atoms with van der Waals surface area (Å²) in [5.41, 5.74) is 8.78. The van der Waals surface area contributed by atoms with Gasteiger partial charge in [0.15, 0.2) is 11.5 Å². The molecule has 8 heteroatoms. The normalized spacial score (nSPS) is 11.2. The monoisotopic (exact) mass is 403 g/mol. The number of benzene rings is 2. The third-order valence-electron chi connectivity index (χ3n) is 4.82. The summed E-state index contributed by atoms with van der Waals surface area (Å²) >= 11 is 0. The molecule has 0 unspecified atom stereocenters. The van der Waals surface area contributed by atoms with Crippen LogP contribution in [0, 0.1) is 0 Å². The van der Waals surface area contributed by atoms with E-state index in [1.807, 2.05) is 18.2 Å². The number of aromatic amines is 1. The van der Waals surface area contributed by atoms with Crippen LogP contribution >= 0.6 is 0 Å². The Morgan fingerprint density at radius 1 is 1.17 bits per heavy atom. The number of nitrogens with one attached hydrogen (secondary N) is 1. The predicted octanol–water partition coefficient (Wildman–Crippen LogP) is 3.42. The lowest BCUT2D eigenvalue weighted by Gasteiger charge is -2.11. The van der Waals surface area contributed by atoms with E-state index in [9.17, 15) is 9.59 Å². The third kappa shape index (κ3) is 3.80. The molecular formula is C22H21N5O3. The number of aromatic nitrogens is 4. The number of carbonyl (C=O) groups is 1. The number of ether oxygens (including phenoxy) is 1. The van der Waals surface area contributed by atoms with Gasteiger partial charge in [0.2, 0.25) is 0 Å². The van der Waals surface area contributed by atoms with Gasteiger partial charge in [0.25, 0.3) is 0 Å². The van der Waals surface area contributed by atoms with E-state index < -0.39 is 6.09 Å². The fraction of sp³-hybridized carbons (Fsp3) is 0.182. The Labute approximate surface area is 172 Å². The SMILES string of the molecule is CC(C)c1ccccc1-c1ncc2[nH]c(=O)n(Cc3ccc(OC(N)=O)cc3)c2n1. The smallest absolute Gasteiger partial charge is 0.409 e. The molecule has 0 atom stereocenters. The molecule has 2 heterocycles. The summed E-state index contributed by atoms with van der Waals surface area (Å²) in [6, 6.07) is 14.8. The number of primary amides is 1. The largest absolute Gasteiger partial charge is 0.411 e. The summed E-state index contributed by atoms with van der Waals surface area (Å²) < 4.78 is 6.40. The maximum absolute atomic E-state index is 12.5. The summed E-state index contributed by atoms with van der Waals surface area (Å²) in [6.07, 6.45) is 0.762. The molecule has 0 radical (unpaired) electrons. The lowest BCUT2D eigenvalue weighted by atomic mass is 9.97. The van der Waals surface area contributed by atoms with Crippen LogP contribution in [0.4, 0.5) is 4.79 Å². The maximum Gasteiger partial charge on any atom is 0.409 e. The summed E-state index contributed by atoms with van der Waals surface area (Å²) in [5, 5.41) is 0. The standard InChI is InChI=1S/C22H21N5O3/c1-13(2)16-5-3-4-6-17(16)19-24-11-18-20(26-19)27(22(29)25-18)12-14-7-9-15(10-8-14)30-21(23)28/h3-11,13H,12H2,1-2H3,(H2,23,28)(H,25,29). The van der Waals surface area contributed by atoms with E-state index in [0.717, 1.165) is 16.7 Å². The molecule has 4 rings (SSSR count). The molecule has 0 saturated carbocycles. The van der Waals surface area contributed by atoms with Gasteiger partial charge < -0.3 is 15.5 Å². The second-order valence-corrected chi connectivity index (χ2v) is 7.25. The number of hydrogen-bond acceptors (Lipinski definition) is 5. The lowest BCUT2D eigenvalue weighted by molar-refractivity contribution is 0.211. The van der Waals surface area contributed by atoms with Gasteiger partial charge in [-0.15, -0.1) is 0 Å². The minimum Gasteiger partial charge on any atom is -0.411 e. The summed E-state index contributed by atoms with van der Waals surface area (Å²) in [4.78, 5) is 35.3. The van der Waals surface area contributed by atoms with Crippen LogP contribution in [-0.2, 0) is 6.54 Å². The van der Waals surface area contributed by atoms with E-state index in [4.69, 9.17) is 15.5 Å². The van der Waals surface area contributed by atoms with Gasteiger partial charge in [-0.3, -0.25) is 4.57 Å². The molecule has 0 aliphatic rings. The topological polar surface area (TPSA) is 116 Å². The van der Waals surface area contributed by atoms with Gasteiger partial charge in [-0.25, -0.2) is 19.6 Å². The number of imidazole rings is 1. The van der Waals surface area contributed by atoms with Crippen molar-refractivity contribution in [3.63, 3.8) is 0 Å². The molecular weight excluding hydrogens is 382 g/mol. The predicted molar refractivity (Wildman–Crippen MR) is 113 cm³/mol. The van der Waals surface area contributed by atoms with Crippen molar-refractivity contribution in [1.29, 1.82) is 0 Å². The first-order valence-electron chi connectivity index (χ1n) is 9.53. The molecule has 0 saturated heterocycles. The summed E-state index contributed by atoms with van der Waals surface area (Å²) in [7, 11) is 0. The average molecular weight is 403 g/mol. The Morgan fingerprint density at radius 3 is 2.60 bits per heavy atom. The highest BCUT2D eigenvalue weighted by Gasteiger charge is 2.15. The molecule has 0 fully saturated rings. The molecule has 152 valence electrons. The van der Waals surface area contributed by atoms with Crippen molar-refractivity contribution in [3.05, 3.63) is 76.3 Å². The van der Waals surface area contributed by atoms with Crippen LogP contribution in [-0.4, -0.2) is 25.6 Å². The molecule has 30 heavy (non-hydrogen) atoms. The zero-order chi connectivity index (χ0) is 21.3. The van der Waals surface area contributed by atoms with Crippen molar-refractivity contribution in [3.8, 4) is 17.1 Å². The van der Waals surface area contributed by atoms with Crippen LogP contribution < -0.4 is 16.2 Å². The highest BCUT2D eigenvalue weighted by atomic mass is 16.5. The Balaban J connectivity index is 1.73. The molecule has 2 aromatic carbocycles. The zero-order valence-corrected chi connectivity index (χ0v) is 16.6. The average Bonchev–Trinajstić information content (AvgIpc) is 3.03. The molecule has 0 aliphatic carbocycles. The first-order valence-corrected chi connectivity index (χ1v) is 9.53. The minimum atomic E-state index is -0.874. The van der Waals surface area contributed by atoms with Gasteiger partial charge in [0.1, 0.15) is 11.3 Å². The number of nitrogens with zero attached hydrogens (tertiary/aromatic N) is 3. The third-order valence-corrected chi connectivity index (χ3v) is 4.82. The molecule has 3 N–H and O–H groups in total. The molecule has 0 spiro atoms. The number of rotatable bonds is 5. The van der Waals surface area contributed by atoms with Crippen molar-refractivity contribution < 1.29 is 9.53 Å². The molecule has 8 nitrogen and oxygen atoms in total. The van der Waals surface area contributed by atoms with Crippen molar-refractivity contribution >= 4 is 17.3 Å². The minimum absolute atomic E-state index is 0.272. The van der Waals surface area contributed by atoms with Crippen LogP contribution in [0.2, 0.25) is 0 Å². The number of amides is 1. The van der Waals surface area contributed by atoms with Gasteiger partial charge in [0.05, 0.1) is 12.7 Å². The Kier molecular flexibility index (Phi) is 5.05. The first-order chi connectivity index (χ1) is 14.4. The lowest BCUT2D eigenvalue weighted by Crippen LogP contribution is -2.18. The van der Waals surface area contributed by atoms with Gasteiger partial charge in [-0.05, 0) is 29.2 Å². The molecule has 0 bridgehead atoms. The Morgan fingerprint density at radius 2 is 1.90 bits per heavy atom. The van der Waals surface area contributed by atoms with Crippen molar-refractivity contribution in [2.24, 2.45) is 5.73 Å². The van der Waals surface area contributed by atoms with E-state index >= 15 is 0 Å². The van der Waals surface area contributed by atoms with Crippen LogP contribution in [0.25, 0.3) is 22.6 Å². The van der Waals surface area contributed by atoms with Crippen LogP contribution in [0.1, 0.15) is 30.9 Å². The number of fused-ring (bicyclic) bond motifs is 1. The second-order valence-electron chi connectivity index (χ2n) is 7.25. The second kappa shape index (κ2) is 7.82. The Bertz CT molecular complexity index is 1270. The van der Waals surface area contributed by atoms with Crippen LogP contribution in [0.5, 0.6) is 5.75 Å². The first kappa shape index (κ1) is 19.4. The molecule has 1 amide bonds. The van der Waals surface area contributed by atoms with E-state index in [2.05, 4.69) is 29.9 Å². The fourth-order valence-corrected chi connectivity index (χ4v) is 3.39. The molecule has 4 aromatic rings. The van der Waals surface area contributed by atoms with Gasteiger partial charge in [0, 0.05) is 5.56 Å². The van der Waals surface area contributed by atoms with Gasteiger partial charge in [-0.1, -0.05) is 50.2 Å². The van der Waals surface area contributed by atoms with Gasteiger partial charge in [-0.2, -0.15) is 0 Å². The maximum atomic E-state index is 12.5.